The predicted octanol–water partition coefficient (Wildman–Crippen LogP) is 2.03. The summed E-state index contributed by atoms with van der Waals surface area (Å²) in [5.41, 5.74) is -0.524. The van der Waals surface area contributed by atoms with Crippen molar-refractivity contribution in [3.63, 3.8) is 0 Å². The van der Waals surface area contributed by atoms with Crippen molar-refractivity contribution in [3.05, 3.63) is 43.8 Å². The molecule has 0 atom stereocenters. The van der Waals surface area contributed by atoms with Gasteiger partial charge in [0.25, 0.3) is 5.56 Å². The van der Waals surface area contributed by atoms with E-state index in [0.29, 0.717) is 6.07 Å². The van der Waals surface area contributed by atoms with Crippen LogP contribution in [0.3, 0.4) is 0 Å². The lowest BCUT2D eigenvalue weighted by Gasteiger charge is -2.03. The van der Waals surface area contributed by atoms with Crippen LogP contribution in [0, 0.1) is 15.2 Å². The number of nitrogens with zero attached hydrogens (tertiary/aromatic N) is 1. The SMILES string of the molecule is O=c1[nH]c(-c2cc(F)cc(F)c2)nc(O)c1I. The van der Waals surface area contributed by atoms with Crippen LogP contribution in [0.2, 0.25) is 0 Å². The molecule has 0 saturated heterocycles. The number of hydrogen-bond acceptors (Lipinski definition) is 3. The molecule has 4 nitrogen and oxygen atoms in total. The fourth-order valence-electron chi connectivity index (χ4n) is 1.27. The van der Waals surface area contributed by atoms with Gasteiger partial charge in [-0.2, -0.15) is 4.98 Å². The molecule has 2 N–H and O–H groups in total. The topological polar surface area (TPSA) is 66.0 Å². The molecule has 1 heterocycles. The number of rotatable bonds is 1. The van der Waals surface area contributed by atoms with Crippen LogP contribution < -0.4 is 5.56 Å². The minimum absolute atomic E-state index is 0.0169. The lowest BCUT2D eigenvalue weighted by molar-refractivity contribution is 0.447. The van der Waals surface area contributed by atoms with E-state index < -0.39 is 23.1 Å². The molecule has 0 amide bonds. The summed E-state index contributed by atoms with van der Waals surface area (Å²) in [5, 5.41) is 9.35. The van der Waals surface area contributed by atoms with Crippen molar-refractivity contribution in [1.82, 2.24) is 9.97 Å². The van der Waals surface area contributed by atoms with Gasteiger partial charge in [-0.25, -0.2) is 8.78 Å². The van der Waals surface area contributed by atoms with Gasteiger partial charge in [-0.05, 0) is 34.7 Å². The molecule has 2 rings (SSSR count). The molecule has 0 aliphatic heterocycles. The first-order chi connectivity index (χ1) is 7.97. The Labute approximate surface area is 107 Å². The molecule has 0 aliphatic rings. The van der Waals surface area contributed by atoms with E-state index in [1.54, 1.807) is 22.6 Å². The molecule has 0 unspecified atom stereocenters. The van der Waals surface area contributed by atoms with Gasteiger partial charge in [-0.1, -0.05) is 0 Å². The van der Waals surface area contributed by atoms with Gasteiger partial charge in [0.05, 0.1) is 0 Å². The van der Waals surface area contributed by atoms with Crippen LogP contribution in [-0.4, -0.2) is 15.1 Å². The average molecular weight is 350 g/mol. The van der Waals surface area contributed by atoms with Gasteiger partial charge >= 0.3 is 0 Å². The van der Waals surface area contributed by atoms with Crippen LogP contribution >= 0.6 is 22.6 Å². The number of aromatic nitrogens is 2. The zero-order chi connectivity index (χ0) is 12.6. The summed E-state index contributed by atoms with van der Waals surface area (Å²) in [6.45, 7) is 0. The second kappa shape index (κ2) is 4.40. The number of aromatic hydroxyl groups is 1. The van der Waals surface area contributed by atoms with Crippen molar-refractivity contribution < 1.29 is 13.9 Å². The molecule has 0 aliphatic carbocycles. The first kappa shape index (κ1) is 12.0. The second-order valence-corrected chi connectivity index (χ2v) is 4.29. The zero-order valence-corrected chi connectivity index (χ0v) is 10.3. The summed E-state index contributed by atoms with van der Waals surface area (Å²) in [5.74, 6) is -2.15. The third kappa shape index (κ3) is 2.43. The fourth-order valence-corrected chi connectivity index (χ4v) is 1.53. The Balaban J connectivity index is 2.65. The van der Waals surface area contributed by atoms with Gasteiger partial charge in [-0.3, -0.25) is 4.79 Å². The molecule has 1 aromatic heterocycles. The molecular weight excluding hydrogens is 345 g/mol. The van der Waals surface area contributed by atoms with Crippen LogP contribution in [0.1, 0.15) is 0 Å². The van der Waals surface area contributed by atoms with E-state index >= 15 is 0 Å². The molecule has 88 valence electrons. The highest BCUT2D eigenvalue weighted by molar-refractivity contribution is 14.1. The third-order valence-corrected chi connectivity index (χ3v) is 2.95. The maximum Gasteiger partial charge on any atom is 0.268 e. The highest BCUT2D eigenvalue weighted by Gasteiger charge is 2.10. The molecule has 0 fully saturated rings. The number of benzene rings is 1. The van der Waals surface area contributed by atoms with Crippen LogP contribution in [0.15, 0.2) is 23.0 Å². The van der Waals surface area contributed by atoms with E-state index in [-0.39, 0.29) is 15.0 Å². The predicted molar refractivity (Wildman–Crippen MR) is 64.6 cm³/mol. The van der Waals surface area contributed by atoms with Crippen molar-refractivity contribution in [2.24, 2.45) is 0 Å². The molecule has 2 aromatic rings. The van der Waals surface area contributed by atoms with Crippen LogP contribution in [-0.2, 0) is 0 Å². The van der Waals surface area contributed by atoms with E-state index in [9.17, 15) is 18.7 Å². The Kier molecular flexibility index (Phi) is 3.09. The highest BCUT2D eigenvalue weighted by Crippen LogP contribution is 2.20. The Bertz CT molecular complexity index is 622. The van der Waals surface area contributed by atoms with Gasteiger partial charge in [-0.15, -0.1) is 0 Å². The van der Waals surface area contributed by atoms with E-state index in [2.05, 4.69) is 9.97 Å². The second-order valence-electron chi connectivity index (χ2n) is 3.21. The maximum atomic E-state index is 13.0. The van der Waals surface area contributed by atoms with Crippen LogP contribution in [0.25, 0.3) is 11.4 Å². The largest absolute Gasteiger partial charge is 0.492 e. The number of hydrogen-bond donors (Lipinski definition) is 2. The molecule has 7 heteroatoms. The summed E-state index contributed by atoms with van der Waals surface area (Å²) in [6, 6.07) is 2.72. The average Bonchev–Trinajstić information content (AvgIpc) is 2.23. The molecule has 0 saturated carbocycles. The standard InChI is InChI=1S/C10H5F2IN2O2/c11-5-1-4(2-6(12)3-5)8-14-9(16)7(13)10(17)15-8/h1-3H,(H2,14,15,16,17). The van der Waals surface area contributed by atoms with Gasteiger partial charge in [0, 0.05) is 11.6 Å². The van der Waals surface area contributed by atoms with E-state index in [1.807, 2.05) is 0 Å². The van der Waals surface area contributed by atoms with Crippen molar-refractivity contribution in [2.75, 3.05) is 0 Å². The van der Waals surface area contributed by atoms with E-state index in [4.69, 9.17) is 0 Å². The van der Waals surface area contributed by atoms with Crippen molar-refractivity contribution in [3.8, 4) is 17.3 Å². The fraction of sp³-hybridized carbons (Fsp3) is 0. The monoisotopic (exact) mass is 350 g/mol. The highest BCUT2D eigenvalue weighted by atomic mass is 127. The van der Waals surface area contributed by atoms with Gasteiger partial charge in [0.1, 0.15) is 21.0 Å². The molecule has 0 spiro atoms. The lowest BCUT2D eigenvalue weighted by atomic mass is 10.2. The number of nitrogens with one attached hydrogen (secondary N) is 1. The Morgan fingerprint density at radius 1 is 1.24 bits per heavy atom. The molecule has 0 radical (unpaired) electrons. The van der Waals surface area contributed by atoms with Crippen molar-refractivity contribution in [2.45, 2.75) is 0 Å². The number of halogens is 3. The van der Waals surface area contributed by atoms with Crippen LogP contribution in [0.5, 0.6) is 5.88 Å². The minimum Gasteiger partial charge on any atom is -0.492 e. The maximum absolute atomic E-state index is 13.0. The van der Waals surface area contributed by atoms with Crippen LogP contribution in [0.4, 0.5) is 8.78 Å². The van der Waals surface area contributed by atoms with E-state index in [1.165, 1.54) is 0 Å². The quantitative estimate of drug-likeness (QED) is 0.774. The van der Waals surface area contributed by atoms with Crippen molar-refractivity contribution in [1.29, 1.82) is 0 Å². The van der Waals surface area contributed by atoms with Crippen molar-refractivity contribution >= 4 is 22.6 Å². The first-order valence-corrected chi connectivity index (χ1v) is 5.50. The molecular formula is C10H5F2IN2O2. The molecule has 0 bridgehead atoms. The van der Waals surface area contributed by atoms with Gasteiger partial charge < -0.3 is 10.1 Å². The summed E-state index contributed by atoms with van der Waals surface area (Å²) in [7, 11) is 0. The summed E-state index contributed by atoms with van der Waals surface area (Å²) >= 11 is 1.61. The Morgan fingerprint density at radius 3 is 2.35 bits per heavy atom. The summed E-state index contributed by atoms with van der Waals surface area (Å²) < 4.78 is 26.0. The number of H-pyrrole nitrogens is 1. The third-order valence-electron chi connectivity index (χ3n) is 1.98. The normalized spacial score (nSPS) is 10.5. The Morgan fingerprint density at radius 2 is 1.82 bits per heavy atom. The van der Waals surface area contributed by atoms with Gasteiger partial charge in [0.2, 0.25) is 5.88 Å². The zero-order valence-electron chi connectivity index (χ0n) is 8.17. The molecule has 1 aromatic carbocycles. The first-order valence-electron chi connectivity index (χ1n) is 4.42. The minimum atomic E-state index is -0.791. The smallest absolute Gasteiger partial charge is 0.268 e. The van der Waals surface area contributed by atoms with Gasteiger partial charge in [0.15, 0.2) is 0 Å². The summed E-state index contributed by atoms with van der Waals surface area (Å²) in [6.07, 6.45) is 0. The van der Waals surface area contributed by atoms with E-state index in [0.717, 1.165) is 12.1 Å². The summed E-state index contributed by atoms with van der Waals surface area (Å²) in [4.78, 5) is 17.3. The Hall–Kier alpha value is -1.51. The lowest BCUT2D eigenvalue weighted by Crippen LogP contribution is -2.12. The molecule has 17 heavy (non-hydrogen) atoms. The number of aromatic amines is 1.